The van der Waals surface area contributed by atoms with Crippen LogP contribution < -0.4 is 11.0 Å². The van der Waals surface area contributed by atoms with Crippen molar-refractivity contribution < 1.29 is 9.18 Å². The van der Waals surface area contributed by atoms with E-state index in [4.69, 9.17) is 0 Å². The van der Waals surface area contributed by atoms with Crippen molar-refractivity contribution in [3.05, 3.63) is 22.7 Å². The van der Waals surface area contributed by atoms with Crippen molar-refractivity contribution in [3.63, 3.8) is 0 Å². The highest BCUT2D eigenvalue weighted by Gasteiger charge is 2.42. The molecule has 0 aromatic carbocycles. The van der Waals surface area contributed by atoms with Gasteiger partial charge in [0.25, 0.3) is 0 Å². The summed E-state index contributed by atoms with van der Waals surface area (Å²) in [6, 6.07) is 1.55. The average Bonchev–Trinajstić information content (AvgIpc) is 2.75. The summed E-state index contributed by atoms with van der Waals surface area (Å²) < 4.78 is 15.7. The van der Waals surface area contributed by atoms with Gasteiger partial charge in [-0.25, -0.2) is 9.18 Å². The molecular weight excluding hydrogens is 305 g/mol. The van der Waals surface area contributed by atoms with Gasteiger partial charge in [-0.3, -0.25) is 9.36 Å². The third-order valence-electron chi connectivity index (χ3n) is 3.93. The van der Waals surface area contributed by atoms with Gasteiger partial charge in [-0.2, -0.15) is 4.98 Å². The summed E-state index contributed by atoms with van der Waals surface area (Å²) in [5.41, 5.74) is -0.529. The summed E-state index contributed by atoms with van der Waals surface area (Å²) in [5, 5.41) is 2.24. The maximum absolute atomic E-state index is 14.4. The fourth-order valence-electron chi connectivity index (χ4n) is 2.64. The van der Waals surface area contributed by atoms with E-state index in [-0.39, 0.29) is 22.9 Å². The van der Waals surface area contributed by atoms with E-state index in [0.717, 1.165) is 12.8 Å². The van der Waals surface area contributed by atoms with Gasteiger partial charge >= 0.3 is 5.69 Å². The number of nitrogens with zero attached hydrogens (tertiary/aromatic N) is 2. The van der Waals surface area contributed by atoms with E-state index >= 15 is 0 Å². The molecule has 1 saturated heterocycles. The topological polar surface area (TPSA) is 64.0 Å². The second kappa shape index (κ2) is 7.26. The Morgan fingerprint density at radius 2 is 2.23 bits per heavy atom. The standard InChI is InChI=1S/C15H22FN3O2S/c1-4-6-12(20)17-11-7-8-19(15(21)18-11)14-13(16)9(3)10(5-2)22-14/h7-10,13-14H,4-6H2,1-3H3,(H,17,18,20,21)/t9-,10-,13+,14-/m1/s1. The fourth-order valence-corrected chi connectivity index (χ4v) is 4.28. The van der Waals surface area contributed by atoms with Gasteiger partial charge in [-0.05, 0) is 18.9 Å². The number of nitrogens with one attached hydrogen (secondary N) is 1. The summed E-state index contributed by atoms with van der Waals surface area (Å²) in [4.78, 5) is 27.5. The first-order valence-electron chi connectivity index (χ1n) is 7.66. The van der Waals surface area contributed by atoms with E-state index in [1.165, 1.54) is 22.5 Å². The van der Waals surface area contributed by atoms with Crippen molar-refractivity contribution in [2.24, 2.45) is 5.92 Å². The lowest BCUT2D eigenvalue weighted by Crippen LogP contribution is -2.30. The molecule has 0 radical (unpaired) electrons. The number of hydrogen-bond donors (Lipinski definition) is 1. The average molecular weight is 327 g/mol. The van der Waals surface area contributed by atoms with Crippen LogP contribution in [-0.2, 0) is 4.79 Å². The molecule has 1 aromatic rings. The number of halogens is 1. The van der Waals surface area contributed by atoms with Crippen LogP contribution in [0.15, 0.2) is 17.1 Å². The van der Waals surface area contributed by atoms with E-state index in [2.05, 4.69) is 10.3 Å². The molecule has 0 aliphatic carbocycles. The normalized spacial score (nSPS) is 27.8. The van der Waals surface area contributed by atoms with Gasteiger partial charge in [0, 0.05) is 23.8 Å². The third-order valence-corrected chi connectivity index (χ3v) is 5.80. The number of rotatable bonds is 5. The number of carbonyl (C=O) groups excluding carboxylic acids is 1. The Hall–Kier alpha value is -1.37. The van der Waals surface area contributed by atoms with E-state index in [1.54, 1.807) is 6.07 Å². The summed E-state index contributed by atoms with van der Waals surface area (Å²) in [7, 11) is 0. The minimum Gasteiger partial charge on any atom is -0.310 e. The minimum absolute atomic E-state index is 0.0872. The number of hydrogen-bond acceptors (Lipinski definition) is 4. The first-order chi connectivity index (χ1) is 10.5. The van der Waals surface area contributed by atoms with Crippen LogP contribution in [-0.4, -0.2) is 26.9 Å². The van der Waals surface area contributed by atoms with Crippen molar-refractivity contribution in [1.29, 1.82) is 0 Å². The van der Waals surface area contributed by atoms with E-state index in [0.29, 0.717) is 6.42 Å². The van der Waals surface area contributed by atoms with Crippen LogP contribution >= 0.6 is 11.8 Å². The molecule has 7 heteroatoms. The monoisotopic (exact) mass is 327 g/mol. The van der Waals surface area contributed by atoms with Crippen LogP contribution in [0.1, 0.15) is 45.4 Å². The summed E-state index contributed by atoms with van der Waals surface area (Å²) in [5.74, 6) is -0.0422. The number of carbonyl (C=O) groups is 1. The van der Waals surface area contributed by atoms with Crippen molar-refractivity contribution in [1.82, 2.24) is 9.55 Å². The van der Waals surface area contributed by atoms with Crippen molar-refractivity contribution >= 4 is 23.5 Å². The SMILES string of the molecule is CCCC(=O)Nc1ccn([C@@H]2S[C@H](CC)[C@@H](C)[C@@H]2F)c(=O)n1. The van der Waals surface area contributed by atoms with Crippen molar-refractivity contribution in [2.75, 3.05) is 5.32 Å². The lowest BCUT2D eigenvalue weighted by molar-refractivity contribution is -0.116. The van der Waals surface area contributed by atoms with Crippen molar-refractivity contribution in [3.8, 4) is 0 Å². The molecule has 0 unspecified atom stereocenters. The number of aromatic nitrogens is 2. The maximum atomic E-state index is 14.4. The molecule has 1 fully saturated rings. The molecule has 2 heterocycles. The van der Waals surface area contributed by atoms with Gasteiger partial charge in [-0.15, -0.1) is 11.8 Å². The quantitative estimate of drug-likeness (QED) is 0.903. The molecule has 0 bridgehead atoms. The first kappa shape index (κ1) is 17.0. The second-order valence-electron chi connectivity index (χ2n) is 5.58. The highest BCUT2D eigenvalue weighted by atomic mass is 32.2. The lowest BCUT2D eigenvalue weighted by atomic mass is 10.0. The van der Waals surface area contributed by atoms with Gasteiger partial charge in [0.1, 0.15) is 17.4 Å². The molecule has 0 spiro atoms. The smallest absolute Gasteiger partial charge is 0.310 e. The molecule has 1 amide bonds. The van der Waals surface area contributed by atoms with E-state index in [9.17, 15) is 14.0 Å². The molecule has 1 N–H and O–H groups in total. The van der Waals surface area contributed by atoms with Crippen LogP contribution in [0.25, 0.3) is 0 Å². The van der Waals surface area contributed by atoms with Gasteiger partial charge in [0.15, 0.2) is 0 Å². The zero-order chi connectivity index (χ0) is 16.3. The molecular formula is C15H22FN3O2S. The predicted octanol–water partition coefficient (Wildman–Crippen LogP) is 2.98. The lowest BCUT2D eigenvalue weighted by Gasteiger charge is -2.16. The Balaban J connectivity index is 2.17. The first-order valence-corrected chi connectivity index (χ1v) is 8.60. The van der Waals surface area contributed by atoms with E-state index < -0.39 is 17.2 Å². The predicted molar refractivity (Wildman–Crippen MR) is 86.8 cm³/mol. The van der Waals surface area contributed by atoms with E-state index in [1.807, 2.05) is 20.8 Å². The number of thioether (sulfide) groups is 1. The molecule has 4 atom stereocenters. The zero-order valence-corrected chi connectivity index (χ0v) is 13.9. The van der Waals surface area contributed by atoms with Crippen LogP contribution in [0.5, 0.6) is 0 Å². The van der Waals surface area contributed by atoms with Gasteiger partial charge < -0.3 is 5.32 Å². The van der Waals surface area contributed by atoms with Gasteiger partial charge in [0.2, 0.25) is 5.91 Å². The highest BCUT2D eigenvalue weighted by molar-refractivity contribution is 8.00. The Kier molecular flexibility index (Phi) is 5.61. The molecule has 22 heavy (non-hydrogen) atoms. The summed E-state index contributed by atoms with van der Waals surface area (Å²) >= 11 is 1.48. The molecule has 2 rings (SSSR count). The minimum atomic E-state index is -1.07. The van der Waals surface area contributed by atoms with Crippen molar-refractivity contribution in [2.45, 2.75) is 56.8 Å². The summed E-state index contributed by atoms with van der Waals surface area (Å²) in [6.07, 6.45) is 2.42. The Labute approximate surface area is 133 Å². The molecule has 1 aliphatic heterocycles. The van der Waals surface area contributed by atoms with Gasteiger partial charge in [0.05, 0.1) is 0 Å². The second-order valence-corrected chi connectivity index (χ2v) is 6.94. The number of alkyl halides is 1. The molecule has 1 aromatic heterocycles. The Bertz CT molecular complexity index is 592. The van der Waals surface area contributed by atoms with Crippen LogP contribution in [0.3, 0.4) is 0 Å². The van der Waals surface area contributed by atoms with Gasteiger partial charge in [-0.1, -0.05) is 20.8 Å². The molecule has 5 nitrogen and oxygen atoms in total. The maximum Gasteiger partial charge on any atom is 0.350 e. The van der Waals surface area contributed by atoms with Crippen LogP contribution in [0.2, 0.25) is 0 Å². The zero-order valence-electron chi connectivity index (χ0n) is 13.1. The Morgan fingerprint density at radius 3 is 2.77 bits per heavy atom. The summed E-state index contributed by atoms with van der Waals surface area (Å²) in [6.45, 7) is 5.80. The molecule has 0 saturated carbocycles. The third kappa shape index (κ3) is 3.51. The number of anilines is 1. The van der Waals surface area contributed by atoms with Crippen LogP contribution in [0.4, 0.5) is 10.2 Å². The highest BCUT2D eigenvalue weighted by Crippen LogP contribution is 2.47. The van der Waals surface area contributed by atoms with Crippen LogP contribution in [0, 0.1) is 5.92 Å². The Morgan fingerprint density at radius 1 is 1.50 bits per heavy atom. The largest absolute Gasteiger partial charge is 0.350 e. The molecule has 122 valence electrons. The molecule has 1 aliphatic rings. The number of amides is 1. The fraction of sp³-hybridized carbons (Fsp3) is 0.667.